The second-order valence-electron chi connectivity index (χ2n) is 5.55. The Balaban J connectivity index is 2.23. The van der Waals surface area contributed by atoms with Crippen molar-refractivity contribution in [3.63, 3.8) is 0 Å². The molecule has 1 aliphatic rings. The van der Waals surface area contributed by atoms with E-state index in [2.05, 4.69) is 51.3 Å². The van der Waals surface area contributed by atoms with E-state index in [0.29, 0.717) is 24.5 Å². The zero-order valence-electron chi connectivity index (χ0n) is 13.4. The maximum absolute atomic E-state index is 5.57. The fourth-order valence-corrected chi connectivity index (χ4v) is 2.48. The number of nitrogens with zero attached hydrogens (tertiary/aromatic N) is 4. The average Bonchev–Trinajstić information content (AvgIpc) is 2.48. The largest absolute Gasteiger partial charge is 0.379 e. The molecule has 1 saturated heterocycles. The second-order valence-corrected chi connectivity index (χ2v) is 5.55. The average molecular weight is 294 g/mol. The summed E-state index contributed by atoms with van der Waals surface area (Å²) in [4.78, 5) is 15.5. The number of ether oxygens (including phenoxy) is 1. The summed E-state index contributed by atoms with van der Waals surface area (Å²) in [5, 5.41) is 6.42. The van der Waals surface area contributed by atoms with Gasteiger partial charge < -0.3 is 20.3 Å². The molecule has 2 N–H and O–H groups in total. The van der Waals surface area contributed by atoms with E-state index in [1.165, 1.54) is 0 Å². The molecule has 1 unspecified atom stereocenters. The molecule has 1 aliphatic heterocycles. The van der Waals surface area contributed by atoms with Gasteiger partial charge >= 0.3 is 0 Å². The SMILES string of the molecule is CCN(CC)c1nc(NC)nc(NC2(C)CCCOC2)n1. The molecular weight excluding hydrogens is 268 g/mol. The molecule has 7 heteroatoms. The van der Waals surface area contributed by atoms with E-state index in [1.54, 1.807) is 0 Å². The molecule has 0 aliphatic carbocycles. The smallest absolute Gasteiger partial charge is 0.231 e. The van der Waals surface area contributed by atoms with Crippen LogP contribution >= 0.6 is 0 Å². The molecule has 1 fully saturated rings. The van der Waals surface area contributed by atoms with Gasteiger partial charge in [-0.05, 0) is 33.6 Å². The summed E-state index contributed by atoms with van der Waals surface area (Å²) >= 11 is 0. The zero-order chi connectivity index (χ0) is 15.3. The Bertz CT molecular complexity index is 457. The second kappa shape index (κ2) is 6.89. The molecule has 1 atom stereocenters. The molecule has 1 aromatic heterocycles. The van der Waals surface area contributed by atoms with Crippen LogP contribution in [0.2, 0.25) is 0 Å². The van der Waals surface area contributed by atoms with Crippen LogP contribution < -0.4 is 15.5 Å². The number of aromatic nitrogens is 3. The number of hydrogen-bond acceptors (Lipinski definition) is 7. The van der Waals surface area contributed by atoms with Gasteiger partial charge in [-0.2, -0.15) is 15.0 Å². The van der Waals surface area contributed by atoms with E-state index in [4.69, 9.17) is 4.74 Å². The summed E-state index contributed by atoms with van der Waals surface area (Å²) < 4.78 is 5.57. The lowest BCUT2D eigenvalue weighted by atomic mass is 9.95. The lowest BCUT2D eigenvalue weighted by Gasteiger charge is -2.34. The van der Waals surface area contributed by atoms with Crippen molar-refractivity contribution in [2.24, 2.45) is 0 Å². The highest BCUT2D eigenvalue weighted by Crippen LogP contribution is 2.23. The van der Waals surface area contributed by atoms with Gasteiger partial charge in [-0.25, -0.2) is 0 Å². The van der Waals surface area contributed by atoms with Crippen molar-refractivity contribution in [3.05, 3.63) is 0 Å². The van der Waals surface area contributed by atoms with Gasteiger partial charge in [0.05, 0.1) is 12.1 Å². The van der Waals surface area contributed by atoms with Crippen LogP contribution in [0.1, 0.15) is 33.6 Å². The summed E-state index contributed by atoms with van der Waals surface area (Å²) in [5.41, 5.74) is -0.120. The summed E-state index contributed by atoms with van der Waals surface area (Å²) in [5.74, 6) is 1.88. The molecule has 21 heavy (non-hydrogen) atoms. The molecule has 0 bridgehead atoms. The molecule has 0 aromatic carbocycles. The molecule has 0 amide bonds. The highest BCUT2D eigenvalue weighted by molar-refractivity contribution is 5.44. The first kappa shape index (κ1) is 15.8. The monoisotopic (exact) mass is 294 g/mol. The van der Waals surface area contributed by atoms with E-state index in [9.17, 15) is 0 Å². The van der Waals surface area contributed by atoms with Crippen LogP contribution in [0.5, 0.6) is 0 Å². The molecule has 1 aromatic rings. The van der Waals surface area contributed by atoms with Crippen molar-refractivity contribution in [1.82, 2.24) is 15.0 Å². The van der Waals surface area contributed by atoms with Gasteiger partial charge in [0.15, 0.2) is 0 Å². The van der Waals surface area contributed by atoms with Crippen LogP contribution in [-0.4, -0.2) is 53.8 Å². The van der Waals surface area contributed by atoms with Crippen LogP contribution in [-0.2, 0) is 4.74 Å². The third kappa shape index (κ3) is 3.93. The van der Waals surface area contributed by atoms with Gasteiger partial charge in [0.1, 0.15) is 0 Å². The molecular formula is C14H26N6O. The van der Waals surface area contributed by atoms with Crippen molar-refractivity contribution in [2.45, 2.75) is 39.2 Å². The Hall–Kier alpha value is -1.63. The van der Waals surface area contributed by atoms with Gasteiger partial charge in [-0.3, -0.25) is 0 Å². The minimum Gasteiger partial charge on any atom is -0.379 e. The standard InChI is InChI=1S/C14H26N6O/c1-5-20(6-2)13-17-11(15-4)16-12(18-13)19-14(3)8-7-9-21-10-14/h5-10H2,1-4H3,(H2,15,16,17,18,19). The number of hydrogen-bond donors (Lipinski definition) is 2. The number of nitrogens with one attached hydrogen (secondary N) is 2. The predicted molar refractivity (Wildman–Crippen MR) is 85.0 cm³/mol. The first-order chi connectivity index (χ1) is 10.1. The highest BCUT2D eigenvalue weighted by atomic mass is 16.5. The molecule has 118 valence electrons. The Morgan fingerprint density at radius 3 is 2.48 bits per heavy atom. The van der Waals surface area contributed by atoms with Crippen LogP contribution in [0, 0.1) is 0 Å². The van der Waals surface area contributed by atoms with Crippen molar-refractivity contribution < 1.29 is 4.74 Å². The van der Waals surface area contributed by atoms with Crippen LogP contribution in [0.3, 0.4) is 0 Å². The molecule has 2 heterocycles. The molecule has 2 rings (SSSR count). The quantitative estimate of drug-likeness (QED) is 0.827. The van der Waals surface area contributed by atoms with Crippen LogP contribution in [0.25, 0.3) is 0 Å². The van der Waals surface area contributed by atoms with Gasteiger partial charge in [0.25, 0.3) is 0 Å². The Kier molecular flexibility index (Phi) is 5.17. The predicted octanol–water partition coefficient (Wildman–Crippen LogP) is 1.74. The number of rotatable bonds is 6. The van der Waals surface area contributed by atoms with Gasteiger partial charge in [0.2, 0.25) is 17.8 Å². The third-order valence-electron chi connectivity index (χ3n) is 3.74. The van der Waals surface area contributed by atoms with Gasteiger partial charge in [-0.1, -0.05) is 0 Å². The summed E-state index contributed by atoms with van der Waals surface area (Å²) in [7, 11) is 1.82. The van der Waals surface area contributed by atoms with E-state index in [1.807, 2.05) is 7.05 Å². The van der Waals surface area contributed by atoms with Crippen molar-refractivity contribution >= 4 is 17.8 Å². The summed E-state index contributed by atoms with van der Waals surface area (Å²) in [6.45, 7) is 9.57. The van der Waals surface area contributed by atoms with E-state index < -0.39 is 0 Å². The molecule has 7 nitrogen and oxygen atoms in total. The summed E-state index contributed by atoms with van der Waals surface area (Å²) in [6.07, 6.45) is 2.10. The molecule has 0 radical (unpaired) electrons. The Morgan fingerprint density at radius 2 is 1.90 bits per heavy atom. The van der Waals surface area contributed by atoms with Gasteiger partial charge in [-0.15, -0.1) is 0 Å². The van der Waals surface area contributed by atoms with Crippen LogP contribution in [0.4, 0.5) is 17.8 Å². The minimum absolute atomic E-state index is 0.120. The lowest BCUT2D eigenvalue weighted by Crippen LogP contribution is -2.43. The maximum Gasteiger partial charge on any atom is 0.231 e. The zero-order valence-corrected chi connectivity index (χ0v) is 13.4. The fourth-order valence-electron chi connectivity index (χ4n) is 2.48. The van der Waals surface area contributed by atoms with E-state index >= 15 is 0 Å². The number of anilines is 3. The van der Waals surface area contributed by atoms with Crippen molar-refractivity contribution in [3.8, 4) is 0 Å². The van der Waals surface area contributed by atoms with Crippen molar-refractivity contribution in [2.75, 3.05) is 48.9 Å². The maximum atomic E-state index is 5.57. The minimum atomic E-state index is -0.120. The highest BCUT2D eigenvalue weighted by Gasteiger charge is 2.28. The van der Waals surface area contributed by atoms with Crippen LogP contribution in [0.15, 0.2) is 0 Å². The van der Waals surface area contributed by atoms with Crippen molar-refractivity contribution in [1.29, 1.82) is 0 Å². The molecule has 0 saturated carbocycles. The third-order valence-corrected chi connectivity index (χ3v) is 3.74. The lowest BCUT2D eigenvalue weighted by molar-refractivity contribution is 0.0537. The Labute approximate surface area is 126 Å². The first-order valence-corrected chi connectivity index (χ1v) is 7.65. The van der Waals surface area contributed by atoms with E-state index in [-0.39, 0.29) is 5.54 Å². The fraction of sp³-hybridized carbons (Fsp3) is 0.786. The molecule has 0 spiro atoms. The normalized spacial score (nSPS) is 21.9. The summed E-state index contributed by atoms with van der Waals surface area (Å²) in [6, 6.07) is 0. The first-order valence-electron chi connectivity index (χ1n) is 7.65. The van der Waals surface area contributed by atoms with Gasteiger partial charge in [0, 0.05) is 26.7 Å². The van der Waals surface area contributed by atoms with E-state index in [0.717, 1.165) is 32.5 Å². The Morgan fingerprint density at radius 1 is 1.19 bits per heavy atom. The topological polar surface area (TPSA) is 75.2 Å².